The maximum atomic E-state index is 5.96. The predicted molar refractivity (Wildman–Crippen MR) is 93.5 cm³/mol. The minimum absolute atomic E-state index is 0.596. The number of benzene rings is 2. The highest BCUT2D eigenvalue weighted by atomic mass is 16.5. The van der Waals surface area contributed by atoms with Gasteiger partial charge in [-0.2, -0.15) is 0 Å². The van der Waals surface area contributed by atoms with E-state index < -0.39 is 0 Å². The third kappa shape index (κ3) is 2.80. The molecule has 0 unspecified atom stereocenters. The monoisotopic (exact) mass is 319 g/mol. The van der Waals surface area contributed by atoms with Crippen molar-refractivity contribution in [3.63, 3.8) is 0 Å². The molecule has 24 heavy (non-hydrogen) atoms. The van der Waals surface area contributed by atoms with Crippen molar-refractivity contribution in [2.24, 2.45) is 0 Å². The average Bonchev–Trinajstić information content (AvgIpc) is 3.04. The van der Waals surface area contributed by atoms with Gasteiger partial charge in [0.25, 0.3) is 0 Å². The van der Waals surface area contributed by atoms with E-state index in [4.69, 9.17) is 4.74 Å². The first-order chi connectivity index (χ1) is 11.8. The van der Waals surface area contributed by atoms with Crippen LogP contribution in [-0.4, -0.2) is 14.8 Å². The van der Waals surface area contributed by atoms with Crippen LogP contribution in [0.4, 0.5) is 0 Å². The maximum Gasteiger partial charge on any atom is 0.137 e. The van der Waals surface area contributed by atoms with Crippen LogP contribution in [0.3, 0.4) is 0 Å². The fourth-order valence-electron chi connectivity index (χ4n) is 3.24. The van der Waals surface area contributed by atoms with Crippen LogP contribution in [0.15, 0.2) is 48.5 Å². The Labute approximate surface area is 142 Å². The largest absolute Gasteiger partial charge is 0.489 e. The van der Waals surface area contributed by atoms with Gasteiger partial charge in [0.1, 0.15) is 24.0 Å². The minimum Gasteiger partial charge on any atom is -0.489 e. The average molecular weight is 319 g/mol. The van der Waals surface area contributed by atoms with Crippen LogP contribution < -0.4 is 4.74 Å². The summed E-state index contributed by atoms with van der Waals surface area (Å²) >= 11 is 0. The van der Waals surface area contributed by atoms with Gasteiger partial charge in [-0.3, -0.25) is 4.57 Å². The summed E-state index contributed by atoms with van der Waals surface area (Å²) in [6.45, 7) is 2.77. The van der Waals surface area contributed by atoms with Gasteiger partial charge in [-0.05, 0) is 42.2 Å². The van der Waals surface area contributed by atoms with Crippen LogP contribution >= 0.6 is 0 Å². The Balaban J connectivity index is 1.59. The van der Waals surface area contributed by atoms with Crippen LogP contribution in [0.5, 0.6) is 5.75 Å². The van der Waals surface area contributed by atoms with Gasteiger partial charge >= 0.3 is 0 Å². The van der Waals surface area contributed by atoms with E-state index in [1.807, 2.05) is 24.3 Å². The third-order valence-electron chi connectivity index (χ3n) is 4.43. The smallest absolute Gasteiger partial charge is 0.137 e. The van der Waals surface area contributed by atoms with E-state index in [-0.39, 0.29) is 0 Å². The molecule has 0 aliphatic carbocycles. The lowest BCUT2D eigenvalue weighted by molar-refractivity contribution is 0.306. The van der Waals surface area contributed by atoms with Crippen molar-refractivity contribution in [1.82, 2.24) is 14.8 Å². The first-order valence-electron chi connectivity index (χ1n) is 8.58. The van der Waals surface area contributed by atoms with Crippen LogP contribution in [-0.2, 0) is 25.9 Å². The molecule has 0 saturated heterocycles. The Bertz CT molecular complexity index is 839. The number of nitrogens with zero attached hydrogens (tertiary/aromatic N) is 3. The second-order valence-electron chi connectivity index (χ2n) is 6.18. The summed E-state index contributed by atoms with van der Waals surface area (Å²) in [7, 11) is 0. The van der Waals surface area contributed by atoms with Crippen molar-refractivity contribution in [3.8, 4) is 11.4 Å². The van der Waals surface area contributed by atoms with E-state index in [1.165, 1.54) is 16.8 Å². The maximum absolute atomic E-state index is 5.96. The van der Waals surface area contributed by atoms with Gasteiger partial charge in [0.2, 0.25) is 0 Å². The lowest BCUT2D eigenvalue weighted by atomic mass is 10.0. The summed E-state index contributed by atoms with van der Waals surface area (Å²) < 4.78 is 8.19. The van der Waals surface area contributed by atoms with Crippen LogP contribution in [0.2, 0.25) is 0 Å². The molecule has 1 aliphatic rings. The SMILES string of the molecule is CCCc1nnc2n1-c1ccc(OCc3ccccc3)cc1CC2. The van der Waals surface area contributed by atoms with Gasteiger partial charge in [0, 0.05) is 12.8 Å². The third-order valence-corrected chi connectivity index (χ3v) is 4.43. The van der Waals surface area contributed by atoms with E-state index in [0.717, 1.165) is 43.1 Å². The zero-order valence-electron chi connectivity index (χ0n) is 13.9. The first-order valence-corrected chi connectivity index (χ1v) is 8.58. The first kappa shape index (κ1) is 14.9. The van der Waals surface area contributed by atoms with Crippen molar-refractivity contribution in [2.75, 3.05) is 0 Å². The van der Waals surface area contributed by atoms with Gasteiger partial charge in [-0.15, -0.1) is 10.2 Å². The summed E-state index contributed by atoms with van der Waals surface area (Å²) in [5, 5.41) is 8.72. The van der Waals surface area contributed by atoms with Gasteiger partial charge in [0.05, 0.1) is 5.69 Å². The molecule has 1 aromatic heterocycles. The molecule has 122 valence electrons. The summed E-state index contributed by atoms with van der Waals surface area (Å²) in [6.07, 6.45) is 3.96. The number of hydrogen-bond acceptors (Lipinski definition) is 3. The Morgan fingerprint density at radius 1 is 1.04 bits per heavy atom. The minimum atomic E-state index is 0.596. The Hall–Kier alpha value is -2.62. The van der Waals surface area contributed by atoms with Crippen molar-refractivity contribution < 1.29 is 4.74 Å². The number of aromatic nitrogens is 3. The Morgan fingerprint density at radius 3 is 2.75 bits per heavy atom. The fourth-order valence-corrected chi connectivity index (χ4v) is 3.24. The number of aryl methyl sites for hydroxylation is 3. The quantitative estimate of drug-likeness (QED) is 0.716. The summed E-state index contributed by atoms with van der Waals surface area (Å²) in [4.78, 5) is 0. The molecule has 0 fully saturated rings. The molecule has 0 saturated carbocycles. The zero-order valence-corrected chi connectivity index (χ0v) is 13.9. The van der Waals surface area contributed by atoms with E-state index in [1.54, 1.807) is 0 Å². The lowest BCUT2D eigenvalue weighted by Crippen LogP contribution is -2.14. The molecule has 4 rings (SSSR count). The highest BCUT2D eigenvalue weighted by Crippen LogP contribution is 2.29. The molecule has 0 atom stereocenters. The highest BCUT2D eigenvalue weighted by molar-refractivity contribution is 5.49. The molecular formula is C20H21N3O. The molecule has 4 nitrogen and oxygen atoms in total. The molecule has 3 aromatic rings. The van der Waals surface area contributed by atoms with Crippen molar-refractivity contribution in [3.05, 3.63) is 71.3 Å². The Morgan fingerprint density at radius 2 is 1.92 bits per heavy atom. The molecule has 0 N–H and O–H groups in total. The molecule has 1 aliphatic heterocycles. The normalized spacial score (nSPS) is 12.5. The summed E-state index contributed by atoms with van der Waals surface area (Å²) in [6, 6.07) is 16.6. The molecule has 4 heteroatoms. The molecular weight excluding hydrogens is 298 g/mol. The number of hydrogen-bond donors (Lipinski definition) is 0. The van der Waals surface area contributed by atoms with Crippen LogP contribution in [0.1, 0.15) is 36.1 Å². The van der Waals surface area contributed by atoms with Crippen LogP contribution in [0.25, 0.3) is 5.69 Å². The number of fused-ring (bicyclic) bond motifs is 3. The van der Waals surface area contributed by atoms with Gasteiger partial charge in [-0.1, -0.05) is 37.3 Å². The molecule has 0 radical (unpaired) electrons. The van der Waals surface area contributed by atoms with E-state index in [9.17, 15) is 0 Å². The Kier molecular flexibility index (Phi) is 4.03. The second kappa shape index (κ2) is 6.48. The zero-order chi connectivity index (χ0) is 16.4. The predicted octanol–water partition coefficient (Wildman–Crippen LogP) is 3.90. The van der Waals surface area contributed by atoms with E-state index in [0.29, 0.717) is 6.61 Å². The van der Waals surface area contributed by atoms with E-state index in [2.05, 4.69) is 46.0 Å². The van der Waals surface area contributed by atoms with Crippen molar-refractivity contribution in [1.29, 1.82) is 0 Å². The topological polar surface area (TPSA) is 39.9 Å². The summed E-state index contributed by atoms with van der Waals surface area (Å²) in [5.41, 5.74) is 3.70. The molecule has 0 spiro atoms. The van der Waals surface area contributed by atoms with Crippen molar-refractivity contribution >= 4 is 0 Å². The number of rotatable bonds is 5. The molecule has 0 amide bonds. The highest BCUT2D eigenvalue weighted by Gasteiger charge is 2.21. The molecule has 2 aromatic carbocycles. The van der Waals surface area contributed by atoms with Gasteiger partial charge in [0.15, 0.2) is 0 Å². The standard InChI is InChI=1S/C20H21N3O/c1-2-6-19-21-22-20-12-9-16-13-17(10-11-18(16)23(19)20)24-14-15-7-4-3-5-8-15/h3-5,7-8,10-11,13H,2,6,9,12,14H2,1H3. The number of ether oxygens (including phenoxy) is 1. The lowest BCUT2D eigenvalue weighted by Gasteiger charge is -2.20. The second-order valence-corrected chi connectivity index (χ2v) is 6.18. The van der Waals surface area contributed by atoms with Gasteiger partial charge < -0.3 is 4.74 Å². The van der Waals surface area contributed by atoms with Crippen molar-refractivity contribution in [2.45, 2.75) is 39.2 Å². The van der Waals surface area contributed by atoms with E-state index >= 15 is 0 Å². The molecule has 0 bridgehead atoms. The van der Waals surface area contributed by atoms with Gasteiger partial charge in [-0.25, -0.2) is 0 Å². The fraction of sp³-hybridized carbons (Fsp3) is 0.300. The molecule has 2 heterocycles. The van der Waals surface area contributed by atoms with Crippen LogP contribution in [0, 0.1) is 0 Å². The summed E-state index contributed by atoms with van der Waals surface area (Å²) in [5.74, 6) is 3.06.